The maximum absolute atomic E-state index is 9.47. The zero-order valence-corrected chi connectivity index (χ0v) is 14.7. The molecular weight excluding hydrogens is 326 g/mol. The standard InChI is InChI=1S/C17H18N4.C3H5NO/c1-2-7-21(8-3-1)14-9-15-16(12-20-17(15)19-11-14)13-5-4-6-18-10-13;1-2-3(4)5/h4-6,9-12H,1-3,7-8H2,(H,19,20);2H,1H2,(H2,4,5). The van der Waals surface area contributed by atoms with Gasteiger partial charge in [-0.2, -0.15) is 0 Å². The van der Waals surface area contributed by atoms with Gasteiger partial charge >= 0.3 is 0 Å². The van der Waals surface area contributed by atoms with Crippen LogP contribution in [-0.4, -0.2) is 33.9 Å². The molecule has 1 aliphatic heterocycles. The first-order valence-electron chi connectivity index (χ1n) is 8.73. The number of pyridine rings is 2. The number of nitrogens with zero attached hydrogens (tertiary/aromatic N) is 3. The molecule has 0 aromatic carbocycles. The first kappa shape index (κ1) is 17.7. The van der Waals surface area contributed by atoms with Gasteiger partial charge < -0.3 is 15.6 Å². The Kier molecular flexibility index (Phi) is 5.63. The summed E-state index contributed by atoms with van der Waals surface area (Å²) < 4.78 is 0. The summed E-state index contributed by atoms with van der Waals surface area (Å²) in [4.78, 5) is 24.0. The molecular formula is C20H23N5O. The van der Waals surface area contributed by atoms with Gasteiger partial charge in [0.15, 0.2) is 0 Å². The number of nitrogens with two attached hydrogens (primary N) is 1. The van der Waals surface area contributed by atoms with Crippen molar-refractivity contribution in [1.82, 2.24) is 15.0 Å². The molecule has 4 heterocycles. The normalized spacial score (nSPS) is 13.8. The second-order valence-corrected chi connectivity index (χ2v) is 6.19. The predicted molar refractivity (Wildman–Crippen MR) is 105 cm³/mol. The third-order valence-electron chi connectivity index (χ3n) is 4.41. The van der Waals surface area contributed by atoms with Crippen LogP contribution in [0.5, 0.6) is 0 Å². The topological polar surface area (TPSA) is 87.9 Å². The van der Waals surface area contributed by atoms with Gasteiger partial charge in [-0.25, -0.2) is 4.98 Å². The highest BCUT2D eigenvalue weighted by Crippen LogP contribution is 2.30. The van der Waals surface area contributed by atoms with Crippen LogP contribution in [0.25, 0.3) is 22.2 Å². The average Bonchev–Trinajstić information content (AvgIpc) is 3.13. The summed E-state index contributed by atoms with van der Waals surface area (Å²) in [5, 5.41) is 1.17. The molecule has 0 aliphatic carbocycles. The highest BCUT2D eigenvalue weighted by atomic mass is 16.1. The maximum Gasteiger partial charge on any atom is 0.240 e. The number of rotatable bonds is 3. The number of carbonyl (C=O) groups is 1. The second kappa shape index (κ2) is 8.29. The van der Waals surface area contributed by atoms with Crippen LogP contribution in [0.15, 0.2) is 55.6 Å². The monoisotopic (exact) mass is 349 g/mol. The molecule has 0 unspecified atom stereocenters. The molecule has 6 heteroatoms. The fourth-order valence-electron chi connectivity index (χ4n) is 3.08. The zero-order valence-electron chi connectivity index (χ0n) is 14.7. The first-order chi connectivity index (χ1) is 12.7. The number of H-pyrrole nitrogens is 1. The van der Waals surface area contributed by atoms with Gasteiger partial charge in [0, 0.05) is 48.2 Å². The highest BCUT2D eigenvalue weighted by molar-refractivity contribution is 5.95. The largest absolute Gasteiger partial charge is 0.370 e. The lowest BCUT2D eigenvalue weighted by molar-refractivity contribution is -0.113. The van der Waals surface area contributed by atoms with E-state index >= 15 is 0 Å². The van der Waals surface area contributed by atoms with Crippen molar-refractivity contribution < 1.29 is 4.79 Å². The van der Waals surface area contributed by atoms with Crippen LogP contribution >= 0.6 is 0 Å². The summed E-state index contributed by atoms with van der Waals surface area (Å²) in [5.74, 6) is -0.481. The summed E-state index contributed by atoms with van der Waals surface area (Å²) in [6.45, 7) is 5.36. The lowest BCUT2D eigenvalue weighted by atomic mass is 10.1. The molecule has 0 radical (unpaired) electrons. The summed E-state index contributed by atoms with van der Waals surface area (Å²) in [6, 6.07) is 6.31. The number of hydrogen-bond acceptors (Lipinski definition) is 4. The minimum atomic E-state index is -0.481. The highest BCUT2D eigenvalue weighted by Gasteiger charge is 2.14. The van der Waals surface area contributed by atoms with Crippen LogP contribution in [0.2, 0.25) is 0 Å². The molecule has 1 fully saturated rings. The maximum atomic E-state index is 9.47. The number of hydrogen-bond donors (Lipinski definition) is 2. The number of aromatic nitrogens is 3. The van der Waals surface area contributed by atoms with Gasteiger partial charge in [-0.3, -0.25) is 9.78 Å². The van der Waals surface area contributed by atoms with Gasteiger partial charge in [0.2, 0.25) is 5.91 Å². The molecule has 1 saturated heterocycles. The van der Waals surface area contributed by atoms with E-state index in [9.17, 15) is 4.79 Å². The quantitative estimate of drug-likeness (QED) is 0.710. The molecule has 134 valence electrons. The molecule has 0 spiro atoms. The van der Waals surface area contributed by atoms with Crippen LogP contribution in [0.3, 0.4) is 0 Å². The van der Waals surface area contributed by atoms with E-state index in [1.54, 1.807) is 6.20 Å². The zero-order chi connectivity index (χ0) is 18.4. The number of primary amides is 1. The van der Waals surface area contributed by atoms with Gasteiger partial charge in [0.05, 0.1) is 11.9 Å². The lowest BCUT2D eigenvalue weighted by Gasteiger charge is -2.28. The van der Waals surface area contributed by atoms with Crippen molar-refractivity contribution in [3.05, 3.63) is 55.6 Å². The molecule has 1 amide bonds. The van der Waals surface area contributed by atoms with Crippen molar-refractivity contribution in [3.8, 4) is 11.1 Å². The van der Waals surface area contributed by atoms with Gasteiger partial charge in [-0.1, -0.05) is 12.6 Å². The smallest absolute Gasteiger partial charge is 0.240 e. The summed E-state index contributed by atoms with van der Waals surface area (Å²) in [6.07, 6.45) is 12.7. The number of carbonyl (C=O) groups excluding carboxylic acids is 1. The fourth-order valence-corrected chi connectivity index (χ4v) is 3.08. The Balaban J connectivity index is 0.000000349. The molecule has 26 heavy (non-hydrogen) atoms. The Morgan fingerprint density at radius 2 is 2.04 bits per heavy atom. The number of anilines is 1. The molecule has 0 bridgehead atoms. The lowest BCUT2D eigenvalue weighted by Crippen LogP contribution is -2.29. The number of aromatic amines is 1. The van der Waals surface area contributed by atoms with Crippen molar-refractivity contribution in [2.24, 2.45) is 5.73 Å². The number of amides is 1. The van der Waals surface area contributed by atoms with Gasteiger partial charge in [0.1, 0.15) is 5.65 Å². The molecule has 3 aromatic heterocycles. The summed E-state index contributed by atoms with van der Waals surface area (Å²) >= 11 is 0. The van der Waals surface area contributed by atoms with E-state index in [2.05, 4.69) is 44.3 Å². The third kappa shape index (κ3) is 4.08. The van der Waals surface area contributed by atoms with Crippen molar-refractivity contribution in [2.45, 2.75) is 19.3 Å². The van der Waals surface area contributed by atoms with E-state index in [-0.39, 0.29) is 0 Å². The Morgan fingerprint density at radius 1 is 1.27 bits per heavy atom. The van der Waals surface area contributed by atoms with E-state index in [4.69, 9.17) is 0 Å². The Labute approximate surface area is 152 Å². The fraction of sp³-hybridized carbons (Fsp3) is 0.250. The molecule has 1 aliphatic rings. The molecule has 0 saturated carbocycles. The van der Waals surface area contributed by atoms with Crippen LogP contribution in [-0.2, 0) is 4.79 Å². The SMILES string of the molecule is C=CC(N)=O.c1cncc(-c2c[nH]c3ncc(N4CCCCC4)cc23)c1. The molecule has 4 rings (SSSR count). The first-order valence-corrected chi connectivity index (χ1v) is 8.73. The van der Waals surface area contributed by atoms with Crippen molar-refractivity contribution in [2.75, 3.05) is 18.0 Å². The van der Waals surface area contributed by atoms with Crippen molar-refractivity contribution in [3.63, 3.8) is 0 Å². The van der Waals surface area contributed by atoms with Crippen LogP contribution < -0.4 is 10.6 Å². The minimum absolute atomic E-state index is 0.481. The van der Waals surface area contributed by atoms with Gasteiger partial charge in [-0.15, -0.1) is 0 Å². The van der Waals surface area contributed by atoms with Gasteiger partial charge in [-0.05, 0) is 37.5 Å². The number of nitrogens with one attached hydrogen (secondary N) is 1. The van der Waals surface area contributed by atoms with Crippen LogP contribution in [0, 0.1) is 0 Å². The minimum Gasteiger partial charge on any atom is -0.370 e. The predicted octanol–water partition coefficient (Wildman–Crippen LogP) is 3.27. The van der Waals surface area contributed by atoms with Gasteiger partial charge in [0.25, 0.3) is 0 Å². The molecule has 0 atom stereocenters. The summed E-state index contributed by atoms with van der Waals surface area (Å²) in [5.41, 5.74) is 9.00. The number of piperidine rings is 1. The summed E-state index contributed by atoms with van der Waals surface area (Å²) in [7, 11) is 0. The van der Waals surface area contributed by atoms with E-state index in [0.717, 1.165) is 30.4 Å². The van der Waals surface area contributed by atoms with Crippen molar-refractivity contribution >= 4 is 22.6 Å². The van der Waals surface area contributed by atoms with Crippen molar-refractivity contribution in [1.29, 1.82) is 0 Å². The van der Waals surface area contributed by atoms with E-state index in [1.165, 1.54) is 35.9 Å². The number of fused-ring (bicyclic) bond motifs is 1. The van der Waals surface area contributed by atoms with E-state index in [0.29, 0.717) is 0 Å². The van der Waals surface area contributed by atoms with E-state index < -0.39 is 5.91 Å². The van der Waals surface area contributed by atoms with Crippen LogP contribution in [0.4, 0.5) is 5.69 Å². The second-order valence-electron chi connectivity index (χ2n) is 6.19. The Bertz CT molecular complexity index is 882. The molecule has 3 aromatic rings. The van der Waals surface area contributed by atoms with E-state index in [1.807, 2.05) is 24.7 Å². The molecule has 3 N–H and O–H groups in total. The average molecular weight is 349 g/mol. The van der Waals surface area contributed by atoms with Crippen LogP contribution in [0.1, 0.15) is 19.3 Å². The molecule has 6 nitrogen and oxygen atoms in total. The third-order valence-corrected chi connectivity index (χ3v) is 4.41. The Morgan fingerprint density at radius 3 is 2.69 bits per heavy atom. The Hall–Kier alpha value is -3.15.